The van der Waals surface area contributed by atoms with Crippen LogP contribution in [-0.4, -0.2) is 28.9 Å². The maximum Gasteiger partial charge on any atom is 0.236 e. The number of halogens is 1. The summed E-state index contributed by atoms with van der Waals surface area (Å²) in [7, 11) is 0. The number of fused-ring (bicyclic) bond motifs is 1. The van der Waals surface area contributed by atoms with Gasteiger partial charge in [0.15, 0.2) is 5.13 Å². The molecule has 0 spiro atoms. The van der Waals surface area contributed by atoms with Crippen LogP contribution in [0.1, 0.15) is 42.3 Å². The number of hydrogen-bond donors (Lipinski definition) is 1. The molecular weight excluding hydrogens is 337 g/mol. The second kappa shape index (κ2) is 6.50. The first-order valence-corrected chi connectivity index (χ1v) is 9.71. The average molecular weight is 359 g/mol. The Hall–Kier alpha value is -1.79. The number of amides is 1. The van der Waals surface area contributed by atoms with E-state index in [1.807, 2.05) is 0 Å². The van der Waals surface area contributed by atoms with Gasteiger partial charge in [0, 0.05) is 24.4 Å². The van der Waals surface area contributed by atoms with E-state index in [9.17, 15) is 9.18 Å². The monoisotopic (exact) mass is 359 g/mol. The first-order valence-electron chi connectivity index (χ1n) is 8.89. The van der Waals surface area contributed by atoms with Crippen LogP contribution < -0.4 is 5.32 Å². The number of rotatable bonds is 4. The van der Waals surface area contributed by atoms with Crippen molar-refractivity contribution in [3.63, 3.8) is 0 Å². The fourth-order valence-corrected chi connectivity index (χ4v) is 4.78. The molecule has 2 aliphatic rings. The molecule has 4 rings (SSSR count). The summed E-state index contributed by atoms with van der Waals surface area (Å²) in [5, 5.41) is 3.74. The summed E-state index contributed by atoms with van der Waals surface area (Å²) in [6.45, 7) is 5.15. The highest BCUT2D eigenvalue weighted by Crippen LogP contribution is 2.45. The molecule has 1 amide bonds. The normalized spacial score (nSPS) is 19.1. The fourth-order valence-electron chi connectivity index (χ4n) is 3.73. The van der Waals surface area contributed by atoms with Crippen LogP contribution in [0.5, 0.6) is 0 Å². The van der Waals surface area contributed by atoms with E-state index < -0.39 is 5.41 Å². The number of nitrogens with zero attached hydrogens (tertiary/aromatic N) is 2. The molecule has 0 unspecified atom stereocenters. The fraction of sp³-hybridized carbons (Fsp3) is 0.474. The topological polar surface area (TPSA) is 45.2 Å². The molecule has 1 aliphatic heterocycles. The molecule has 1 saturated carbocycles. The van der Waals surface area contributed by atoms with Gasteiger partial charge in [0.2, 0.25) is 5.91 Å². The van der Waals surface area contributed by atoms with Crippen LogP contribution in [0.3, 0.4) is 0 Å². The van der Waals surface area contributed by atoms with Gasteiger partial charge < -0.3 is 5.32 Å². The van der Waals surface area contributed by atoms with Crippen LogP contribution in [0.2, 0.25) is 0 Å². The summed E-state index contributed by atoms with van der Waals surface area (Å²) in [5.41, 5.74) is 1.49. The van der Waals surface area contributed by atoms with E-state index in [-0.39, 0.29) is 11.7 Å². The van der Waals surface area contributed by atoms with Crippen molar-refractivity contribution in [2.45, 2.75) is 44.6 Å². The number of anilines is 1. The average Bonchev–Trinajstić information content (AvgIpc) is 2.96. The van der Waals surface area contributed by atoms with Crippen LogP contribution in [0.25, 0.3) is 0 Å². The van der Waals surface area contributed by atoms with E-state index in [2.05, 4.69) is 22.1 Å². The minimum absolute atomic E-state index is 0.0104. The van der Waals surface area contributed by atoms with Crippen molar-refractivity contribution in [2.75, 3.05) is 18.4 Å². The number of likely N-dealkylation sites (N-methyl/N-ethyl adjacent to an activating group) is 1. The van der Waals surface area contributed by atoms with Gasteiger partial charge in [-0.3, -0.25) is 9.69 Å². The van der Waals surface area contributed by atoms with Crippen LogP contribution >= 0.6 is 11.3 Å². The number of hydrogen-bond acceptors (Lipinski definition) is 4. The van der Waals surface area contributed by atoms with Gasteiger partial charge >= 0.3 is 0 Å². The van der Waals surface area contributed by atoms with Gasteiger partial charge in [-0.1, -0.05) is 25.5 Å². The van der Waals surface area contributed by atoms with Crippen molar-refractivity contribution >= 4 is 22.4 Å². The van der Waals surface area contributed by atoms with Crippen molar-refractivity contribution in [1.82, 2.24) is 9.88 Å². The zero-order valence-electron chi connectivity index (χ0n) is 14.3. The van der Waals surface area contributed by atoms with E-state index in [1.54, 1.807) is 23.5 Å². The first kappa shape index (κ1) is 16.7. The summed E-state index contributed by atoms with van der Waals surface area (Å²) in [4.78, 5) is 21.3. The minimum atomic E-state index is -0.532. The standard InChI is InChI=1S/C19H22FN3OS/c1-2-23-11-8-15-16(12-23)25-18(21-15)22-17(24)19(9-3-10-19)13-4-6-14(20)7-5-13/h4-7H,2-3,8-12H2,1H3,(H,21,22,24). The predicted molar refractivity (Wildman–Crippen MR) is 97.3 cm³/mol. The molecule has 1 aromatic carbocycles. The van der Waals surface area contributed by atoms with Crippen molar-refractivity contribution in [3.8, 4) is 0 Å². The number of carbonyl (C=O) groups is 1. The van der Waals surface area contributed by atoms with Gasteiger partial charge in [0.05, 0.1) is 11.1 Å². The highest BCUT2D eigenvalue weighted by Gasteiger charge is 2.46. The van der Waals surface area contributed by atoms with Crippen LogP contribution in [0.4, 0.5) is 9.52 Å². The minimum Gasteiger partial charge on any atom is -0.301 e. The summed E-state index contributed by atoms with van der Waals surface area (Å²) >= 11 is 1.59. The van der Waals surface area contributed by atoms with Gasteiger partial charge in [-0.25, -0.2) is 9.37 Å². The number of aromatic nitrogens is 1. The Balaban J connectivity index is 1.53. The Labute approximate surface area is 151 Å². The van der Waals surface area contributed by atoms with E-state index in [0.717, 1.165) is 56.6 Å². The molecule has 0 saturated heterocycles. The van der Waals surface area contributed by atoms with Crippen molar-refractivity contribution in [1.29, 1.82) is 0 Å². The SMILES string of the molecule is CCN1CCc2nc(NC(=O)C3(c4ccc(F)cc4)CCC3)sc2C1. The molecule has 2 aromatic rings. The molecule has 132 valence electrons. The maximum absolute atomic E-state index is 13.2. The second-order valence-electron chi connectivity index (χ2n) is 6.90. The molecular formula is C19H22FN3OS. The third-order valence-corrected chi connectivity index (χ3v) is 6.51. The molecule has 2 heterocycles. The quantitative estimate of drug-likeness (QED) is 0.905. The molecule has 0 bridgehead atoms. The van der Waals surface area contributed by atoms with Crippen molar-refractivity contribution < 1.29 is 9.18 Å². The highest BCUT2D eigenvalue weighted by molar-refractivity contribution is 7.15. The van der Waals surface area contributed by atoms with Gasteiger partial charge in [0.25, 0.3) is 0 Å². The molecule has 6 heteroatoms. The molecule has 25 heavy (non-hydrogen) atoms. The number of benzene rings is 1. The number of nitrogens with one attached hydrogen (secondary N) is 1. The van der Waals surface area contributed by atoms with Crippen LogP contribution in [0, 0.1) is 5.82 Å². The van der Waals surface area contributed by atoms with E-state index in [1.165, 1.54) is 17.0 Å². The van der Waals surface area contributed by atoms with Crippen LogP contribution in [-0.2, 0) is 23.2 Å². The Bertz CT molecular complexity index is 782. The van der Waals surface area contributed by atoms with Gasteiger partial charge in [-0.05, 0) is 37.1 Å². The van der Waals surface area contributed by atoms with E-state index >= 15 is 0 Å². The third-order valence-electron chi connectivity index (χ3n) is 5.52. The first-order chi connectivity index (χ1) is 12.1. The summed E-state index contributed by atoms with van der Waals surface area (Å²) in [6.07, 6.45) is 3.57. The molecule has 0 radical (unpaired) electrons. The molecule has 1 aliphatic carbocycles. The molecule has 1 aromatic heterocycles. The summed E-state index contributed by atoms with van der Waals surface area (Å²) in [6, 6.07) is 6.34. The van der Waals surface area contributed by atoms with E-state index in [4.69, 9.17) is 0 Å². The van der Waals surface area contributed by atoms with Gasteiger partial charge in [0.1, 0.15) is 5.82 Å². The second-order valence-corrected chi connectivity index (χ2v) is 7.99. The van der Waals surface area contributed by atoms with Crippen molar-refractivity contribution in [2.24, 2.45) is 0 Å². The Kier molecular flexibility index (Phi) is 4.33. The lowest BCUT2D eigenvalue weighted by Crippen LogP contribution is -2.46. The highest BCUT2D eigenvalue weighted by atomic mass is 32.1. The number of thiazole rings is 1. The number of carbonyl (C=O) groups excluding carboxylic acids is 1. The maximum atomic E-state index is 13.2. The lowest BCUT2D eigenvalue weighted by molar-refractivity contribution is -0.124. The zero-order chi connectivity index (χ0) is 17.4. The lowest BCUT2D eigenvalue weighted by atomic mass is 9.64. The molecule has 1 N–H and O–H groups in total. The smallest absolute Gasteiger partial charge is 0.236 e. The predicted octanol–water partition coefficient (Wildman–Crippen LogP) is 3.72. The summed E-state index contributed by atoms with van der Waals surface area (Å²) in [5.74, 6) is -0.282. The van der Waals surface area contributed by atoms with Gasteiger partial charge in [-0.15, -0.1) is 11.3 Å². The Morgan fingerprint density at radius 1 is 1.36 bits per heavy atom. The zero-order valence-corrected chi connectivity index (χ0v) is 15.2. The van der Waals surface area contributed by atoms with E-state index in [0.29, 0.717) is 5.13 Å². The van der Waals surface area contributed by atoms with Gasteiger partial charge in [-0.2, -0.15) is 0 Å². The van der Waals surface area contributed by atoms with Crippen LogP contribution in [0.15, 0.2) is 24.3 Å². The Morgan fingerprint density at radius 3 is 2.76 bits per heavy atom. The third kappa shape index (κ3) is 2.98. The lowest BCUT2D eigenvalue weighted by Gasteiger charge is -2.40. The summed E-state index contributed by atoms with van der Waals surface area (Å²) < 4.78 is 13.2. The molecule has 4 nitrogen and oxygen atoms in total. The van der Waals surface area contributed by atoms with Crippen molar-refractivity contribution in [3.05, 3.63) is 46.2 Å². The molecule has 1 fully saturated rings. The Morgan fingerprint density at radius 2 is 2.12 bits per heavy atom. The largest absolute Gasteiger partial charge is 0.301 e. The molecule has 0 atom stereocenters.